The molecular weight excluding hydrogens is 488 g/mol. The lowest BCUT2D eigenvalue weighted by molar-refractivity contribution is -0.148. The van der Waals surface area contributed by atoms with Crippen molar-refractivity contribution in [2.75, 3.05) is 20.8 Å². The molecule has 9 heteroatoms. The van der Waals surface area contributed by atoms with E-state index >= 15 is 0 Å². The molecule has 2 aliphatic heterocycles. The van der Waals surface area contributed by atoms with Gasteiger partial charge in [-0.2, -0.15) is 0 Å². The standard InChI is InChI=1S/C29H38N2O7/c1-7-8-15-36-27(33)22-16-20-11-14-24(35-6)25(18-20)37-21-12-9-19(10-13-21)17-23(26(32)30-22)31(5)28(34)38-29(2,3)4/h9-14,18,22-23H,7-8,15-17H2,1-6H3,(H,30,32)/t22-,23-/m0/s1. The van der Waals surface area contributed by atoms with Crippen molar-refractivity contribution in [3.05, 3.63) is 53.6 Å². The van der Waals surface area contributed by atoms with Gasteiger partial charge in [0, 0.05) is 19.9 Å². The number of esters is 1. The Balaban J connectivity index is 2.01. The summed E-state index contributed by atoms with van der Waals surface area (Å²) in [6.07, 6.45) is 1.31. The number of methoxy groups -OCH3 is 1. The Hall–Kier alpha value is -3.75. The van der Waals surface area contributed by atoms with Crippen LogP contribution in [0.3, 0.4) is 0 Å². The number of nitrogens with one attached hydrogen (secondary N) is 1. The van der Waals surface area contributed by atoms with Crippen LogP contribution >= 0.6 is 0 Å². The first kappa shape index (κ1) is 28.8. The van der Waals surface area contributed by atoms with Crippen LogP contribution in [0, 0.1) is 0 Å². The molecule has 4 bridgehead atoms. The fraction of sp³-hybridized carbons (Fsp3) is 0.483. The molecule has 9 nitrogen and oxygen atoms in total. The molecule has 206 valence electrons. The third-order valence-corrected chi connectivity index (χ3v) is 6.04. The van der Waals surface area contributed by atoms with E-state index in [2.05, 4.69) is 5.32 Å². The largest absolute Gasteiger partial charge is 0.493 e. The fourth-order valence-electron chi connectivity index (χ4n) is 3.95. The maximum atomic E-state index is 13.7. The molecule has 0 spiro atoms. The zero-order valence-electron chi connectivity index (χ0n) is 23.0. The molecule has 0 fully saturated rings. The molecule has 0 unspecified atom stereocenters. The molecule has 0 aromatic heterocycles. The van der Waals surface area contributed by atoms with Gasteiger partial charge in [-0.15, -0.1) is 0 Å². The van der Waals surface area contributed by atoms with E-state index in [0.717, 1.165) is 17.5 Å². The van der Waals surface area contributed by atoms with Gasteiger partial charge in [0.25, 0.3) is 0 Å². The second-order valence-corrected chi connectivity index (χ2v) is 10.3. The number of benzene rings is 2. The number of hydrogen-bond donors (Lipinski definition) is 1. The minimum Gasteiger partial charge on any atom is -0.493 e. The maximum Gasteiger partial charge on any atom is 0.410 e. The average molecular weight is 527 g/mol. The zero-order valence-corrected chi connectivity index (χ0v) is 23.0. The summed E-state index contributed by atoms with van der Waals surface area (Å²) in [5.74, 6) is 0.580. The van der Waals surface area contributed by atoms with Crippen LogP contribution in [0.4, 0.5) is 4.79 Å². The van der Waals surface area contributed by atoms with Crippen molar-refractivity contribution in [2.45, 2.75) is 71.1 Å². The van der Waals surface area contributed by atoms with Crippen LogP contribution in [-0.2, 0) is 31.9 Å². The monoisotopic (exact) mass is 526 g/mol. The van der Waals surface area contributed by atoms with E-state index in [1.165, 1.54) is 11.9 Å². The van der Waals surface area contributed by atoms with E-state index in [1.807, 2.05) is 25.1 Å². The van der Waals surface area contributed by atoms with Crippen LogP contribution in [0.1, 0.15) is 51.7 Å². The lowest BCUT2D eigenvalue weighted by Gasteiger charge is -2.31. The van der Waals surface area contributed by atoms with Crippen LogP contribution in [-0.4, -0.2) is 61.3 Å². The van der Waals surface area contributed by atoms with Crippen molar-refractivity contribution in [3.63, 3.8) is 0 Å². The number of rotatable bonds is 6. The molecule has 2 heterocycles. The number of unbranched alkanes of at least 4 members (excludes halogenated alkanes) is 1. The van der Waals surface area contributed by atoms with Gasteiger partial charge in [0.2, 0.25) is 5.91 Å². The number of ether oxygens (including phenoxy) is 4. The normalized spacial score (nSPS) is 17.5. The summed E-state index contributed by atoms with van der Waals surface area (Å²) in [6.45, 7) is 7.54. The quantitative estimate of drug-likeness (QED) is 0.432. The Labute approximate surface area is 224 Å². The molecular formula is C29H38N2O7. The predicted molar refractivity (Wildman–Crippen MR) is 143 cm³/mol. The number of hydrogen-bond acceptors (Lipinski definition) is 7. The van der Waals surface area contributed by atoms with Gasteiger partial charge in [-0.05, 0) is 62.6 Å². The van der Waals surface area contributed by atoms with Gasteiger partial charge in [-0.25, -0.2) is 9.59 Å². The lowest BCUT2D eigenvalue weighted by atomic mass is 10.0. The van der Waals surface area contributed by atoms with Crippen LogP contribution < -0.4 is 14.8 Å². The topological polar surface area (TPSA) is 103 Å². The second-order valence-electron chi connectivity index (χ2n) is 10.3. The van der Waals surface area contributed by atoms with Crippen molar-refractivity contribution in [3.8, 4) is 17.2 Å². The van der Waals surface area contributed by atoms with Crippen LogP contribution in [0.15, 0.2) is 42.5 Å². The first-order valence-electron chi connectivity index (χ1n) is 12.9. The number of nitrogens with zero attached hydrogens (tertiary/aromatic N) is 1. The summed E-state index contributed by atoms with van der Waals surface area (Å²) in [4.78, 5) is 40.9. The molecule has 2 atom stereocenters. The van der Waals surface area contributed by atoms with Crippen molar-refractivity contribution >= 4 is 18.0 Å². The van der Waals surface area contributed by atoms with Crippen LogP contribution in [0.25, 0.3) is 0 Å². The minimum atomic E-state index is -0.973. The van der Waals surface area contributed by atoms with Crippen LogP contribution in [0.5, 0.6) is 17.2 Å². The number of amides is 2. The summed E-state index contributed by atoms with van der Waals surface area (Å²) >= 11 is 0. The highest BCUT2D eigenvalue weighted by molar-refractivity contribution is 5.90. The van der Waals surface area contributed by atoms with Gasteiger partial charge in [-0.1, -0.05) is 31.5 Å². The third-order valence-electron chi connectivity index (χ3n) is 6.04. The average Bonchev–Trinajstić information content (AvgIpc) is 2.86. The van der Waals surface area contributed by atoms with Gasteiger partial charge >= 0.3 is 12.1 Å². The summed E-state index contributed by atoms with van der Waals surface area (Å²) in [6, 6.07) is 10.7. The number of fused-ring (bicyclic) bond motifs is 7. The fourth-order valence-corrected chi connectivity index (χ4v) is 3.95. The van der Waals surface area contributed by atoms with E-state index < -0.39 is 35.7 Å². The molecule has 1 N–H and O–H groups in total. The smallest absolute Gasteiger partial charge is 0.410 e. The van der Waals surface area contributed by atoms with Crippen molar-refractivity contribution < 1.29 is 33.3 Å². The lowest BCUT2D eigenvalue weighted by Crippen LogP contribution is -2.54. The van der Waals surface area contributed by atoms with Gasteiger partial charge in [0.05, 0.1) is 13.7 Å². The first-order valence-corrected chi connectivity index (χ1v) is 12.9. The summed E-state index contributed by atoms with van der Waals surface area (Å²) in [5.41, 5.74) is 0.803. The van der Waals surface area contributed by atoms with Gasteiger partial charge in [0.15, 0.2) is 11.5 Å². The minimum absolute atomic E-state index is 0.164. The third kappa shape index (κ3) is 7.87. The molecule has 2 aliphatic rings. The highest BCUT2D eigenvalue weighted by Crippen LogP contribution is 2.33. The molecule has 2 aromatic rings. The number of carbonyl (C=O) groups excluding carboxylic acids is 3. The van der Waals surface area contributed by atoms with Crippen molar-refractivity contribution in [1.29, 1.82) is 0 Å². The van der Waals surface area contributed by atoms with Gasteiger partial charge < -0.3 is 24.3 Å². The number of likely N-dealkylation sites (N-methyl/N-ethyl adjacent to an activating group) is 1. The highest BCUT2D eigenvalue weighted by Gasteiger charge is 2.33. The number of carbonyl (C=O) groups is 3. The van der Waals surface area contributed by atoms with E-state index in [0.29, 0.717) is 23.7 Å². The molecule has 2 aromatic carbocycles. The molecule has 0 saturated heterocycles. The molecule has 4 rings (SSSR count). The predicted octanol–water partition coefficient (Wildman–Crippen LogP) is 4.65. The molecule has 0 aliphatic carbocycles. The van der Waals surface area contributed by atoms with Gasteiger partial charge in [0.1, 0.15) is 23.4 Å². The van der Waals surface area contributed by atoms with Crippen molar-refractivity contribution in [2.24, 2.45) is 0 Å². The second kappa shape index (κ2) is 12.7. The molecule has 38 heavy (non-hydrogen) atoms. The summed E-state index contributed by atoms with van der Waals surface area (Å²) in [7, 11) is 3.07. The van der Waals surface area contributed by atoms with Crippen molar-refractivity contribution in [1.82, 2.24) is 10.2 Å². The Morgan fingerprint density at radius 2 is 1.76 bits per heavy atom. The maximum absolute atomic E-state index is 13.7. The molecule has 0 radical (unpaired) electrons. The van der Waals surface area contributed by atoms with Gasteiger partial charge in [-0.3, -0.25) is 9.69 Å². The summed E-state index contributed by atoms with van der Waals surface area (Å²) in [5, 5.41) is 2.84. The Kier molecular flexibility index (Phi) is 9.61. The Bertz CT molecular complexity index is 1120. The molecule has 2 amide bonds. The van der Waals surface area contributed by atoms with Crippen LogP contribution in [0.2, 0.25) is 0 Å². The summed E-state index contributed by atoms with van der Waals surface area (Å²) < 4.78 is 22.5. The Morgan fingerprint density at radius 1 is 1.08 bits per heavy atom. The van der Waals surface area contributed by atoms with E-state index in [1.54, 1.807) is 52.1 Å². The molecule has 0 saturated carbocycles. The highest BCUT2D eigenvalue weighted by atomic mass is 16.6. The SMILES string of the molecule is CCCCOC(=O)[C@@H]1Cc2ccc(OC)c(c2)Oc2ccc(cc2)C[C@H](N(C)C(=O)OC(C)(C)C)C(=O)N1. The van der Waals surface area contributed by atoms with E-state index in [9.17, 15) is 14.4 Å². The van der Waals surface area contributed by atoms with E-state index in [4.69, 9.17) is 18.9 Å². The van der Waals surface area contributed by atoms with E-state index in [-0.39, 0.29) is 19.4 Å². The first-order chi connectivity index (χ1) is 18.0. The zero-order chi connectivity index (χ0) is 27.9. The Morgan fingerprint density at radius 3 is 2.39 bits per heavy atom.